The second-order valence-electron chi connectivity index (χ2n) is 6.51. The number of aromatic nitrogens is 3. The summed E-state index contributed by atoms with van der Waals surface area (Å²) in [5.74, 6) is -3.50. The summed E-state index contributed by atoms with van der Waals surface area (Å²) >= 11 is 0. The first kappa shape index (κ1) is 17.1. The number of benzene rings is 2. The molecule has 138 valence electrons. The molecule has 0 spiro atoms. The van der Waals surface area contributed by atoms with Gasteiger partial charge in [0, 0.05) is 12.8 Å². The summed E-state index contributed by atoms with van der Waals surface area (Å²) < 4.78 is 31.4. The van der Waals surface area contributed by atoms with E-state index < -0.39 is 11.9 Å². The van der Waals surface area contributed by atoms with E-state index in [1.54, 1.807) is 12.1 Å². The molecule has 1 fully saturated rings. The molecular weight excluding hydrogens is 356 g/mol. The van der Waals surface area contributed by atoms with Gasteiger partial charge in [0.1, 0.15) is 5.75 Å². The van der Waals surface area contributed by atoms with Gasteiger partial charge in [-0.2, -0.15) is 0 Å². The zero-order valence-electron chi connectivity index (χ0n) is 14.0. The lowest BCUT2D eigenvalue weighted by Gasteiger charge is -2.35. The maximum atomic E-state index is 13.0. The number of hydrogen-bond acceptors (Lipinski definition) is 4. The molecule has 2 N–H and O–H groups in total. The van der Waals surface area contributed by atoms with E-state index in [0.29, 0.717) is 5.75 Å². The van der Waals surface area contributed by atoms with Gasteiger partial charge in [0.05, 0.1) is 0 Å². The summed E-state index contributed by atoms with van der Waals surface area (Å²) in [6, 6.07) is 14.6. The molecule has 0 aliphatic heterocycles. The fourth-order valence-corrected chi connectivity index (χ4v) is 3.10. The van der Waals surface area contributed by atoms with Crippen molar-refractivity contribution in [1.29, 1.82) is 0 Å². The highest BCUT2D eigenvalue weighted by Gasteiger charge is 2.45. The van der Waals surface area contributed by atoms with E-state index in [2.05, 4.69) is 15.4 Å². The lowest BCUT2D eigenvalue weighted by atomic mass is 9.76. The number of nitrogens with one attached hydrogen (secondary N) is 1. The first-order chi connectivity index (χ1) is 12.9. The van der Waals surface area contributed by atoms with Crippen LogP contribution in [-0.2, 0) is 0 Å². The van der Waals surface area contributed by atoms with E-state index in [-0.39, 0.29) is 30.3 Å². The minimum absolute atomic E-state index is 0.0734. The zero-order chi connectivity index (χ0) is 19.0. The number of ether oxygens (including phenoxy) is 1. The molecule has 0 atom stereocenters. The Morgan fingerprint density at radius 2 is 1.67 bits per heavy atom. The molecule has 3 aromatic rings. The fraction of sp³-hybridized carbons (Fsp3) is 0.211. The van der Waals surface area contributed by atoms with Crippen LogP contribution < -0.4 is 4.74 Å². The van der Waals surface area contributed by atoms with Crippen molar-refractivity contribution >= 4 is 5.97 Å². The molecule has 1 aliphatic carbocycles. The van der Waals surface area contributed by atoms with E-state index in [1.807, 2.05) is 36.4 Å². The minimum Gasteiger partial charge on any atom is -0.476 e. The number of rotatable bonds is 5. The number of carboxylic acid groups (broad SMARTS) is 1. The standard InChI is InChI=1S/C19H15F2N3O3/c20-19(21)9-14(10-19)13-3-1-11(2-4-13)12-5-7-15(8-6-12)27-17-16(18(25)26)22-24-23-17/h1-8,14H,9-10H2,(H,25,26)(H,22,23,24). The predicted octanol–water partition coefficient (Wildman–Crippen LogP) is 4.47. The Morgan fingerprint density at radius 3 is 2.22 bits per heavy atom. The van der Waals surface area contributed by atoms with E-state index >= 15 is 0 Å². The second-order valence-corrected chi connectivity index (χ2v) is 6.51. The summed E-state index contributed by atoms with van der Waals surface area (Å²) in [5.41, 5.74) is 2.57. The molecule has 2 aromatic carbocycles. The molecule has 6 nitrogen and oxygen atoms in total. The third-order valence-corrected chi connectivity index (χ3v) is 4.60. The van der Waals surface area contributed by atoms with Crippen molar-refractivity contribution < 1.29 is 23.4 Å². The molecule has 8 heteroatoms. The molecule has 1 heterocycles. The summed E-state index contributed by atoms with van der Waals surface area (Å²) in [5, 5.41) is 18.3. The Balaban J connectivity index is 1.46. The number of aromatic amines is 1. The van der Waals surface area contributed by atoms with Crippen molar-refractivity contribution in [3.8, 4) is 22.8 Å². The van der Waals surface area contributed by atoms with Crippen LogP contribution in [-0.4, -0.2) is 32.4 Å². The SMILES string of the molecule is O=C(O)c1[nH]nnc1Oc1ccc(-c2ccc(C3CC(F)(F)C3)cc2)cc1. The summed E-state index contributed by atoms with van der Waals surface area (Å²) in [6.07, 6.45) is -0.169. The van der Waals surface area contributed by atoms with Gasteiger partial charge in [-0.1, -0.05) is 46.7 Å². The molecule has 0 saturated heterocycles. The van der Waals surface area contributed by atoms with E-state index in [1.165, 1.54) is 0 Å². The van der Waals surface area contributed by atoms with Crippen LogP contribution in [0.25, 0.3) is 11.1 Å². The molecule has 0 amide bonds. The second kappa shape index (κ2) is 6.46. The third-order valence-electron chi connectivity index (χ3n) is 4.60. The van der Waals surface area contributed by atoms with E-state index in [9.17, 15) is 13.6 Å². The van der Waals surface area contributed by atoms with Gasteiger partial charge in [-0.15, -0.1) is 0 Å². The number of carbonyl (C=O) groups is 1. The van der Waals surface area contributed by atoms with Crippen LogP contribution in [0.1, 0.15) is 34.8 Å². The van der Waals surface area contributed by atoms with Crippen molar-refractivity contribution in [2.24, 2.45) is 0 Å². The van der Waals surface area contributed by atoms with E-state index in [0.717, 1.165) is 16.7 Å². The number of aromatic carboxylic acids is 1. The smallest absolute Gasteiger partial charge is 0.359 e. The van der Waals surface area contributed by atoms with Crippen LogP contribution in [0.15, 0.2) is 48.5 Å². The minimum atomic E-state index is -2.52. The monoisotopic (exact) mass is 371 g/mol. The highest BCUT2D eigenvalue weighted by atomic mass is 19.3. The van der Waals surface area contributed by atoms with Crippen molar-refractivity contribution in [3.05, 3.63) is 59.8 Å². The Hall–Kier alpha value is -3.29. The number of alkyl halides is 2. The third kappa shape index (κ3) is 3.51. The molecule has 0 unspecified atom stereocenters. The van der Waals surface area contributed by atoms with Crippen LogP contribution in [0.2, 0.25) is 0 Å². The van der Waals surface area contributed by atoms with Gasteiger partial charge in [0.25, 0.3) is 5.88 Å². The molecule has 1 saturated carbocycles. The maximum absolute atomic E-state index is 13.0. The summed E-state index contributed by atoms with van der Waals surface area (Å²) in [4.78, 5) is 11.0. The van der Waals surface area contributed by atoms with Crippen molar-refractivity contribution in [3.63, 3.8) is 0 Å². The average molecular weight is 371 g/mol. The molecule has 1 aliphatic rings. The zero-order valence-corrected chi connectivity index (χ0v) is 14.0. The summed E-state index contributed by atoms with van der Waals surface area (Å²) in [7, 11) is 0. The number of H-pyrrole nitrogens is 1. The number of hydrogen-bond donors (Lipinski definition) is 2. The molecular formula is C19H15F2N3O3. The Bertz CT molecular complexity index is 961. The Labute approximate surface area is 152 Å². The first-order valence-electron chi connectivity index (χ1n) is 8.32. The maximum Gasteiger partial charge on any atom is 0.359 e. The van der Waals surface area contributed by atoms with Crippen LogP contribution in [0, 0.1) is 0 Å². The van der Waals surface area contributed by atoms with Gasteiger partial charge in [-0.25, -0.2) is 18.7 Å². The van der Waals surface area contributed by atoms with Crippen LogP contribution >= 0.6 is 0 Å². The Kier molecular flexibility index (Phi) is 4.10. The van der Waals surface area contributed by atoms with Gasteiger partial charge in [0.2, 0.25) is 11.6 Å². The van der Waals surface area contributed by atoms with Crippen molar-refractivity contribution in [1.82, 2.24) is 15.4 Å². The topological polar surface area (TPSA) is 88.1 Å². The highest BCUT2D eigenvalue weighted by molar-refractivity contribution is 5.87. The van der Waals surface area contributed by atoms with Crippen molar-refractivity contribution in [2.45, 2.75) is 24.7 Å². The number of carboxylic acids is 1. The van der Waals surface area contributed by atoms with Gasteiger partial charge in [-0.05, 0) is 34.7 Å². The average Bonchev–Trinajstić information content (AvgIpc) is 3.09. The number of nitrogens with zero attached hydrogens (tertiary/aromatic N) is 2. The first-order valence-corrected chi connectivity index (χ1v) is 8.32. The van der Waals surface area contributed by atoms with Crippen LogP contribution in [0.5, 0.6) is 11.6 Å². The molecule has 27 heavy (non-hydrogen) atoms. The van der Waals surface area contributed by atoms with Gasteiger partial charge >= 0.3 is 5.97 Å². The normalized spacial score (nSPS) is 15.9. The van der Waals surface area contributed by atoms with Gasteiger partial charge in [-0.3, -0.25) is 0 Å². The van der Waals surface area contributed by atoms with E-state index in [4.69, 9.17) is 9.84 Å². The predicted molar refractivity (Wildman–Crippen MR) is 92.2 cm³/mol. The fourth-order valence-electron chi connectivity index (χ4n) is 3.10. The van der Waals surface area contributed by atoms with Crippen LogP contribution in [0.3, 0.4) is 0 Å². The Morgan fingerprint density at radius 1 is 1.07 bits per heavy atom. The van der Waals surface area contributed by atoms with Gasteiger partial charge in [0.15, 0.2) is 0 Å². The highest BCUT2D eigenvalue weighted by Crippen LogP contribution is 2.48. The van der Waals surface area contributed by atoms with Gasteiger partial charge < -0.3 is 9.84 Å². The van der Waals surface area contributed by atoms with Crippen LogP contribution in [0.4, 0.5) is 8.78 Å². The lowest BCUT2D eigenvalue weighted by Crippen LogP contribution is -2.33. The number of halogens is 2. The largest absolute Gasteiger partial charge is 0.476 e. The molecule has 0 radical (unpaired) electrons. The molecule has 0 bridgehead atoms. The summed E-state index contributed by atoms with van der Waals surface area (Å²) in [6.45, 7) is 0. The van der Waals surface area contributed by atoms with Crippen molar-refractivity contribution in [2.75, 3.05) is 0 Å². The molecule has 4 rings (SSSR count). The molecule has 1 aromatic heterocycles. The lowest BCUT2D eigenvalue weighted by molar-refractivity contribution is -0.0867. The quantitative estimate of drug-likeness (QED) is 0.691.